The number of hydrogen-bond acceptors (Lipinski definition) is 3. The number of carbonyl (C=O) groups is 1. The van der Waals surface area contributed by atoms with Gasteiger partial charge < -0.3 is 4.42 Å². The number of pyridine rings is 1. The molecule has 0 aromatic carbocycles. The number of nitrogens with zero attached hydrogens (tertiary/aromatic N) is 1. The number of aryl methyl sites for hydroxylation is 1. The monoisotopic (exact) mass is 201 g/mol. The number of rotatable bonds is 3. The average molecular weight is 201 g/mol. The van der Waals surface area contributed by atoms with Crippen LogP contribution in [0.15, 0.2) is 41.1 Å². The van der Waals surface area contributed by atoms with Crippen molar-refractivity contribution < 1.29 is 9.21 Å². The van der Waals surface area contributed by atoms with Crippen LogP contribution in [0.1, 0.15) is 21.8 Å². The fourth-order valence-electron chi connectivity index (χ4n) is 1.43. The zero-order valence-corrected chi connectivity index (χ0v) is 8.43. The van der Waals surface area contributed by atoms with Crippen molar-refractivity contribution in [3.8, 4) is 0 Å². The summed E-state index contributed by atoms with van der Waals surface area (Å²) < 4.78 is 5.12. The van der Waals surface area contributed by atoms with Gasteiger partial charge in [0.1, 0.15) is 11.5 Å². The molecule has 2 rings (SSSR count). The predicted molar refractivity (Wildman–Crippen MR) is 55.7 cm³/mol. The molecule has 0 saturated carbocycles. The molecule has 3 heteroatoms. The Hall–Kier alpha value is -1.90. The SMILES string of the molecule is Cc1cccnc1C(=O)Cc1ccco1. The molecule has 0 aliphatic heterocycles. The maximum Gasteiger partial charge on any atom is 0.188 e. The first-order chi connectivity index (χ1) is 7.27. The van der Waals surface area contributed by atoms with Crippen LogP contribution >= 0.6 is 0 Å². The van der Waals surface area contributed by atoms with Gasteiger partial charge in [-0.15, -0.1) is 0 Å². The molecule has 0 radical (unpaired) electrons. The van der Waals surface area contributed by atoms with E-state index in [1.807, 2.05) is 19.1 Å². The third kappa shape index (κ3) is 2.13. The Labute approximate surface area is 87.8 Å². The largest absolute Gasteiger partial charge is 0.469 e. The van der Waals surface area contributed by atoms with Crippen molar-refractivity contribution in [3.05, 3.63) is 53.7 Å². The summed E-state index contributed by atoms with van der Waals surface area (Å²) in [6, 6.07) is 7.26. The van der Waals surface area contributed by atoms with Gasteiger partial charge in [-0.25, -0.2) is 0 Å². The topological polar surface area (TPSA) is 43.1 Å². The van der Waals surface area contributed by atoms with Crippen molar-refractivity contribution >= 4 is 5.78 Å². The Balaban J connectivity index is 2.19. The minimum Gasteiger partial charge on any atom is -0.469 e. The number of ketones is 1. The third-order valence-electron chi connectivity index (χ3n) is 2.19. The minimum atomic E-state index is -0.0111. The fraction of sp³-hybridized carbons (Fsp3) is 0.167. The first-order valence-electron chi connectivity index (χ1n) is 4.74. The van der Waals surface area contributed by atoms with Crippen LogP contribution in [-0.2, 0) is 6.42 Å². The highest BCUT2D eigenvalue weighted by Gasteiger charge is 2.11. The van der Waals surface area contributed by atoms with Crippen molar-refractivity contribution in [1.29, 1.82) is 0 Å². The summed E-state index contributed by atoms with van der Waals surface area (Å²) >= 11 is 0. The second-order valence-corrected chi connectivity index (χ2v) is 3.35. The van der Waals surface area contributed by atoms with Crippen LogP contribution in [0, 0.1) is 6.92 Å². The van der Waals surface area contributed by atoms with E-state index in [4.69, 9.17) is 4.42 Å². The summed E-state index contributed by atoms with van der Waals surface area (Å²) in [5.41, 5.74) is 1.42. The van der Waals surface area contributed by atoms with Gasteiger partial charge in [0.05, 0.1) is 12.7 Å². The molecule has 0 amide bonds. The first kappa shape index (κ1) is 9.65. The smallest absolute Gasteiger partial charge is 0.188 e. The van der Waals surface area contributed by atoms with Gasteiger partial charge in [-0.3, -0.25) is 9.78 Å². The maximum absolute atomic E-state index is 11.8. The number of furan rings is 1. The molecule has 15 heavy (non-hydrogen) atoms. The molecule has 0 N–H and O–H groups in total. The standard InChI is InChI=1S/C12H11NO2/c1-9-4-2-6-13-12(9)11(14)8-10-5-3-7-15-10/h2-7H,8H2,1H3. The van der Waals surface area contributed by atoms with E-state index in [9.17, 15) is 4.79 Å². The molecule has 2 aromatic rings. The van der Waals surface area contributed by atoms with E-state index in [2.05, 4.69) is 4.98 Å². The third-order valence-corrected chi connectivity index (χ3v) is 2.19. The van der Waals surface area contributed by atoms with E-state index in [0.717, 1.165) is 5.56 Å². The molecule has 2 aromatic heterocycles. The zero-order valence-electron chi connectivity index (χ0n) is 8.43. The van der Waals surface area contributed by atoms with Crippen LogP contribution in [-0.4, -0.2) is 10.8 Å². The van der Waals surface area contributed by atoms with E-state index < -0.39 is 0 Å². The quantitative estimate of drug-likeness (QED) is 0.716. The molecule has 0 bridgehead atoms. The normalized spacial score (nSPS) is 10.2. The Morgan fingerprint density at radius 2 is 2.27 bits per heavy atom. The minimum absolute atomic E-state index is 0.0111. The highest BCUT2D eigenvalue weighted by atomic mass is 16.3. The van der Waals surface area contributed by atoms with Crippen molar-refractivity contribution in [2.24, 2.45) is 0 Å². The molecular weight excluding hydrogens is 190 g/mol. The van der Waals surface area contributed by atoms with Crippen LogP contribution in [0.5, 0.6) is 0 Å². The lowest BCUT2D eigenvalue weighted by Crippen LogP contribution is -2.07. The van der Waals surface area contributed by atoms with E-state index in [-0.39, 0.29) is 12.2 Å². The van der Waals surface area contributed by atoms with Gasteiger partial charge in [0.15, 0.2) is 5.78 Å². The molecular formula is C12H11NO2. The number of carbonyl (C=O) groups excluding carboxylic acids is 1. The van der Waals surface area contributed by atoms with Crippen LogP contribution in [0.2, 0.25) is 0 Å². The van der Waals surface area contributed by atoms with Crippen molar-refractivity contribution in [2.45, 2.75) is 13.3 Å². The van der Waals surface area contributed by atoms with Crippen LogP contribution in [0.4, 0.5) is 0 Å². The van der Waals surface area contributed by atoms with Gasteiger partial charge in [-0.1, -0.05) is 6.07 Å². The van der Waals surface area contributed by atoms with E-state index in [1.54, 1.807) is 24.6 Å². The van der Waals surface area contributed by atoms with Gasteiger partial charge in [0.25, 0.3) is 0 Å². The highest BCUT2D eigenvalue weighted by molar-refractivity contribution is 5.96. The molecule has 0 spiro atoms. The van der Waals surface area contributed by atoms with E-state index in [1.165, 1.54) is 0 Å². The Morgan fingerprint density at radius 1 is 1.40 bits per heavy atom. The van der Waals surface area contributed by atoms with Gasteiger partial charge >= 0.3 is 0 Å². The molecule has 0 aliphatic rings. The molecule has 0 saturated heterocycles. The molecule has 0 atom stereocenters. The fourth-order valence-corrected chi connectivity index (χ4v) is 1.43. The number of Topliss-reactive ketones (excluding diaryl/α,β-unsaturated/α-hetero) is 1. The highest BCUT2D eigenvalue weighted by Crippen LogP contribution is 2.09. The molecule has 0 unspecified atom stereocenters. The van der Waals surface area contributed by atoms with Gasteiger partial charge in [-0.2, -0.15) is 0 Å². The van der Waals surface area contributed by atoms with E-state index in [0.29, 0.717) is 11.5 Å². The Kier molecular flexibility index (Phi) is 2.63. The molecule has 2 heterocycles. The Bertz CT molecular complexity index is 460. The van der Waals surface area contributed by atoms with Crippen LogP contribution in [0.25, 0.3) is 0 Å². The molecule has 0 fully saturated rings. The lowest BCUT2D eigenvalue weighted by atomic mass is 10.1. The first-order valence-corrected chi connectivity index (χ1v) is 4.74. The summed E-state index contributed by atoms with van der Waals surface area (Å²) in [5, 5.41) is 0. The Morgan fingerprint density at radius 3 is 2.93 bits per heavy atom. The summed E-state index contributed by atoms with van der Waals surface area (Å²) in [7, 11) is 0. The zero-order chi connectivity index (χ0) is 10.7. The van der Waals surface area contributed by atoms with Crippen LogP contribution in [0.3, 0.4) is 0 Å². The van der Waals surface area contributed by atoms with Gasteiger partial charge in [0, 0.05) is 6.20 Å². The second-order valence-electron chi connectivity index (χ2n) is 3.35. The summed E-state index contributed by atoms with van der Waals surface area (Å²) in [6.45, 7) is 1.88. The summed E-state index contributed by atoms with van der Waals surface area (Å²) in [4.78, 5) is 15.9. The van der Waals surface area contributed by atoms with Crippen LogP contribution < -0.4 is 0 Å². The lowest BCUT2D eigenvalue weighted by Gasteiger charge is -2.01. The number of aromatic nitrogens is 1. The van der Waals surface area contributed by atoms with Gasteiger partial charge in [-0.05, 0) is 30.7 Å². The molecule has 3 nitrogen and oxygen atoms in total. The average Bonchev–Trinajstić information content (AvgIpc) is 2.71. The number of hydrogen-bond donors (Lipinski definition) is 0. The lowest BCUT2D eigenvalue weighted by molar-refractivity contribution is 0.0981. The van der Waals surface area contributed by atoms with Gasteiger partial charge in [0.2, 0.25) is 0 Å². The van der Waals surface area contributed by atoms with Crippen molar-refractivity contribution in [2.75, 3.05) is 0 Å². The predicted octanol–water partition coefficient (Wildman–Crippen LogP) is 2.41. The van der Waals surface area contributed by atoms with Crippen molar-refractivity contribution in [3.63, 3.8) is 0 Å². The van der Waals surface area contributed by atoms with Crippen molar-refractivity contribution in [1.82, 2.24) is 4.98 Å². The molecule has 76 valence electrons. The molecule has 0 aliphatic carbocycles. The van der Waals surface area contributed by atoms with E-state index >= 15 is 0 Å². The summed E-state index contributed by atoms with van der Waals surface area (Å²) in [6.07, 6.45) is 3.46. The maximum atomic E-state index is 11.8. The summed E-state index contributed by atoms with van der Waals surface area (Å²) in [5.74, 6) is 0.660. The second kappa shape index (κ2) is 4.09.